The molecule has 0 aromatic heterocycles. The Labute approximate surface area is 127 Å². The lowest BCUT2D eigenvalue weighted by Crippen LogP contribution is -2.45. The smallest absolute Gasteiger partial charge is 0.227 e. The average Bonchev–Trinajstić information content (AvgIpc) is 2.95. The number of nitrogens with two attached hydrogens (primary N) is 1. The van der Waals surface area contributed by atoms with E-state index < -0.39 is 0 Å². The van der Waals surface area contributed by atoms with Crippen LogP contribution in [-0.4, -0.2) is 19.0 Å². The van der Waals surface area contributed by atoms with Crippen molar-refractivity contribution in [3.05, 3.63) is 35.9 Å². The predicted octanol–water partition coefficient (Wildman–Crippen LogP) is 2.85. The number of halogens is 1. The highest BCUT2D eigenvalue weighted by Gasteiger charge is 2.39. The fourth-order valence-corrected chi connectivity index (χ4v) is 2.91. The molecule has 20 heavy (non-hydrogen) atoms. The summed E-state index contributed by atoms with van der Waals surface area (Å²) >= 11 is 0. The van der Waals surface area contributed by atoms with Crippen molar-refractivity contribution < 1.29 is 4.79 Å². The van der Waals surface area contributed by atoms with E-state index in [1.54, 1.807) is 0 Å². The van der Waals surface area contributed by atoms with Gasteiger partial charge in [-0.25, -0.2) is 0 Å². The van der Waals surface area contributed by atoms with Crippen LogP contribution in [0.4, 0.5) is 0 Å². The standard InChI is InChI=1S/C16H24N2O.ClH/c1-13(14-7-3-2-4-8-14)11-18-15(19)16(12-17)9-5-6-10-16;/h2-4,7-8,13H,5-6,9-12,17H2,1H3,(H,18,19);1H. The van der Waals surface area contributed by atoms with Crippen molar-refractivity contribution in [2.24, 2.45) is 11.1 Å². The second-order valence-corrected chi connectivity index (χ2v) is 5.71. The number of nitrogens with one attached hydrogen (secondary N) is 1. The van der Waals surface area contributed by atoms with E-state index in [9.17, 15) is 4.79 Å². The van der Waals surface area contributed by atoms with Gasteiger partial charge in [0, 0.05) is 13.1 Å². The van der Waals surface area contributed by atoms with E-state index in [1.165, 1.54) is 5.56 Å². The molecular formula is C16H25ClN2O. The SMILES string of the molecule is CC(CNC(=O)C1(CN)CCCC1)c1ccccc1.Cl. The zero-order chi connectivity index (χ0) is 13.7. The lowest BCUT2D eigenvalue weighted by atomic mass is 9.85. The summed E-state index contributed by atoms with van der Waals surface area (Å²) in [6.45, 7) is 3.29. The molecule has 1 aromatic carbocycles. The van der Waals surface area contributed by atoms with Crippen molar-refractivity contribution >= 4 is 18.3 Å². The van der Waals surface area contributed by atoms with Crippen LogP contribution in [0.25, 0.3) is 0 Å². The number of benzene rings is 1. The van der Waals surface area contributed by atoms with Crippen molar-refractivity contribution in [1.29, 1.82) is 0 Å². The Bertz CT molecular complexity index is 416. The van der Waals surface area contributed by atoms with Crippen molar-refractivity contribution in [1.82, 2.24) is 5.32 Å². The monoisotopic (exact) mass is 296 g/mol. The number of carbonyl (C=O) groups is 1. The van der Waals surface area contributed by atoms with Gasteiger partial charge in [0.1, 0.15) is 0 Å². The second kappa shape index (κ2) is 7.65. The average molecular weight is 297 g/mol. The Morgan fingerprint density at radius 2 is 1.90 bits per heavy atom. The van der Waals surface area contributed by atoms with E-state index in [4.69, 9.17) is 5.73 Å². The maximum Gasteiger partial charge on any atom is 0.227 e. The molecule has 1 unspecified atom stereocenters. The third-order valence-corrected chi connectivity index (χ3v) is 4.37. The largest absolute Gasteiger partial charge is 0.355 e. The van der Waals surface area contributed by atoms with E-state index in [-0.39, 0.29) is 23.7 Å². The van der Waals surface area contributed by atoms with Crippen LogP contribution >= 0.6 is 12.4 Å². The number of rotatable bonds is 5. The van der Waals surface area contributed by atoms with E-state index in [0.29, 0.717) is 19.0 Å². The summed E-state index contributed by atoms with van der Waals surface area (Å²) in [7, 11) is 0. The fraction of sp³-hybridized carbons (Fsp3) is 0.562. The van der Waals surface area contributed by atoms with Crippen molar-refractivity contribution in [3.8, 4) is 0 Å². The first-order valence-electron chi connectivity index (χ1n) is 7.21. The van der Waals surface area contributed by atoms with Crippen LogP contribution in [0.3, 0.4) is 0 Å². The molecule has 1 atom stereocenters. The second-order valence-electron chi connectivity index (χ2n) is 5.71. The van der Waals surface area contributed by atoms with Gasteiger partial charge in [-0.2, -0.15) is 0 Å². The fourth-order valence-electron chi connectivity index (χ4n) is 2.91. The van der Waals surface area contributed by atoms with Gasteiger partial charge in [0.25, 0.3) is 0 Å². The molecular weight excluding hydrogens is 272 g/mol. The van der Waals surface area contributed by atoms with Gasteiger partial charge in [0.2, 0.25) is 5.91 Å². The molecule has 0 saturated heterocycles. The van der Waals surface area contributed by atoms with Crippen LogP contribution in [-0.2, 0) is 4.79 Å². The maximum absolute atomic E-state index is 12.3. The summed E-state index contributed by atoms with van der Waals surface area (Å²) in [5.74, 6) is 0.483. The Morgan fingerprint density at radius 1 is 1.30 bits per heavy atom. The minimum Gasteiger partial charge on any atom is -0.355 e. The molecule has 1 amide bonds. The molecule has 3 nitrogen and oxygen atoms in total. The van der Waals surface area contributed by atoms with Crippen LogP contribution in [0.15, 0.2) is 30.3 Å². The summed E-state index contributed by atoms with van der Waals surface area (Å²) in [5.41, 5.74) is 6.79. The highest BCUT2D eigenvalue weighted by atomic mass is 35.5. The van der Waals surface area contributed by atoms with Crippen LogP contribution < -0.4 is 11.1 Å². The molecule has 0 aliphatic heterocycles. The lowest BCUT2D eigenvalue weighted by molar-refractivity contribution is -0.130. The van der Waals surface area contributed by atoms with Gasteiger partial charge < -0.3 is 11.1 Å². The van der Waals surface area contributed by atoms with Gasteiger partial charge in [-0.1, -0.05) is 50.1 Å². The normalized spacial score (nSPS) is 18.1. The summed E-state index contributed by atoms with van der Waals surface area (Å²) < 4.78 is 0. The Balaban J connectivity index is 0.00000200. The molecule has 0 bridgehead atoms. The molecule has 1 saturated carbocycles. The lowest BCUT2D eigenvalue weighted by Gasteiger charge is -2.26. The van der Waals surface area contributed by atoms with Crippen LogP contribution in [0.1, 0.15) is 44.1 Å². The van der Waals surface area contributed by atoms with Gasteiger partial charge in [-0.05, 0) is 24.3 Å². The molecule has 112 valence electrons. The molecule has 0 spiro atoms. The van der Waals surface area contributed by atoms with Crippen molar-refractivity contribution in [2.75, 3.05) is 13.1 Å². The Hall–Kier alpha value is -1.06. The van der Waals surface area contributed by atoms with Gasteiger partial charge in [-0.3, -0.25) is 4.79 Å². The predicted molar refractivity (Wildman–Crippen MR) is 85.1 cm³/mol. The summed E-state index contributed by atoms with van der Waals surface area (Å²) in [5, 5.41) is 3.10. The molecule has 1 aliphatic carbocycles. The highest BCUT2D eigenvalue weighted by molar-refractivity contribution is 5.85. The molecule has 4 heteroatoms. The van der Waals surface area contributed by atoms with Crippen molar-refractivity contribution in [2.45, 2.75) is 38.5 Å². The van der Waals surface area contributed by atoms with E-state index in [2.05, 4.69) is 24.4 Å². The first-order valence-corrected chi connectivity index (χ1v) is 7.21. The van der Waals surface area contributed by atoms with E-state index in [1.807, 2.05) is 18.2 Å². The maximum atomic E-state index is 12.3. The zero-order valence-electron chi connectivity index (χ0n) is 12.1. The molecule has 3 N–H and O–H groups in total. The summed E-state index contributed by atoms with van der Waals surface area (Å²) in [6, 6.07) is 10.3. The number of amides is 1. The van der Waals surface area contributed by atoms with Crippen LogP contribution in [0, 0.1) is 5.41 Å². The van der Waals surface area contributed by atoms with Crippen LogP contribution in [0.2, 0.25) is 0 Å². The number of hydrogen-bond donors (Lipinski definition) is 2. The van der Waals surface area contributed by atoms with Gasteiger partial charge in [-0.15, -0.1) is 12.4 Å². The Kier molecular flexibility index (Phi) is 6.50. The first-order chi connectivity index (χ1) is 9.18. The minimum atomic E-state index is -0.295. The molecule has 0 heterocycles. The minimum absolute atomic E-state index is 0. The first kappa shape index (κ1) is 17.0. The summed E-state index contributed by atoms with van der Waals surface area (Å²) in [4.78, 5) is 12.3. The van der Waals surface area contributed by atoms with Crippen LogP contribution in [0.5, 0.6) is 0 Å². The molecule has 2 rings (SSSR count). The molecule has 0 radical (unpaired) electrons. The van der Waals surface area contributed by atoms with E-state index >= 15 is 0 Å². The van der Waals surface area contributed by atoms with Gasteiger partial charge in [0.05, 0.1) is 5.41 Å². The molecule has 1 aromatic rings. The topological polar surface area (TPSA) is 55.1 Å². The zero-order valence-corrected chi connectivity index (χ0v) is 12.9. The quantitative estimate of drug-likeness (QED) is 0.878. The van der Waals surface area contributed by atoms with E-state index in [0.717, 1.165) is 25.7 Å². The third kappa shape index (κ3) is 3.74. The number of carbonyl (C=O) groups excluding carboxylic acids is 1. The third-order valence-electron chi connectivity index (χ3n) is 4.37. The number of hydrogen-bond acceptors (Lipinski definition) is 2. The van der Waals surface area contributed by atoms with Crippen molar-refractivity contribution in [3.63, 3.8) is 0 Å². The van der Waals surface area contributed by atoms with Gasteiger partial charge in [0.15, 0.2) is 0 Å². The highest BCUT2D eigenvalue weighted by Crippen LogP contribution is 2.37. The Morgan fingerprint density at radius 3 is 2.45 bits per heavy atom. The summed E-state index contributed by atoms with van der Waals surface area (Å²) in [6.07, 6.45) is 4.13. The molecule has 1 aliphatic rings. The molecule has 1 fully saturated rings. The van der Waals surface area contributed by atoms with Gasteiger partial charge >= 0.3 is 0 Å².